The van der Waals surface area contributed by atoms with Gasteiger partial charge in [0.2, 0.25) is 5.91 Å². The van der Waals surface area contributed by atoms with E-state index < -0.39 is 18.5 Å². The summed E-state index contributed by atoms with van der Waals surface area (Å²) >= 11 is 0. The molecular weight excluding hydrogens is 424 g/mol. The highest BCUT2D eigenvalue weighted by atomic mass is 16.5. The molecule has 0 saturated heterocycles. The number of hydrogen-bond acceptors (Lipinski definition) is 7. The number of nitrogens with zero attached hydrogens (tertiary/aromatic N) is 5. The van der Waals surface area contributed by atoms with E-state index in [0.29, 0.717) is 12.2 Å². The van der Waals surface area contributed by atoms with Crippen LogP contribution >= 0.6 is 0 Å². The second-order valence-electron chi connectivity index (χ2n) is 7.96. The Bertz CT molecular complexity index is 1180. The molecule has 0 fully saturated rings. The number of amides is 2. The number of aryl methyl sites for hydroxylation is 4. The molecule has 33 heavy (non-hydrogen) atoms. The van der Waals surface area contributed by atoms with Gasteiger partial charge in [0.15, 0.2) is 6.61 Å². The summed E-state index contributed by atoms with van der Waals surface area (Å²) in [7, 11) is 1.49. The Kier molecular flexibility index (Phi) is 7.37. The summed E-state index contributed by atoms with van der Waals surface area (Å²) < 4.78 is 6.74. The first-order valence-electron chi connectivity index (χ1n) is 10.6. The molecule has 2 aromatic heterocycles. The van der Waals surface area contributed by atoms with Gasteiger partial charge in [-0.2, -0.15) is 10.1 Å². The number of carbonyl (C=O) groups excluding carboxylic acids is 3. The minimum atomic E-state index is -0.505. The second-order valence-corrected chi connectivity index (χ2v) is 7.96. The van der Waals surface area contributed by atoms with E-state index in [0.717, 1.165) is 33.8 Å². The lowest BCUT2D eigenvalue weighted by Gasteiger charge is -2.18. The molecule has 0 aliphatic heterocycles. The molecule has 0 bridgehead atoms. The minimum absolute atomic E-state index is 0.0909. The lowest BCUT2D eigenvalue weighted by atomic mass is 10.1. The number of fused-ring (bicyclic) bond motifs is 1. The number of hydrogen-bond donors (Lipinski definition) is 1. The van der Waals surface area contributed by atoms with Gasteiger partial charge in [0.25, 0.3) is 11.7 Å². The Hall–Kier alpha value is -3.82. The number of nitrogens with one attached hydrogen (secondary N) is 1. The van der Waals surface area contributed by atoms with E-state index in [4.69, 9.17) is 4.74 Å². The van der Waals surface area contributed by atoms with Crippen molar-refractivity contribution in [2.24, 2.45) is 0 Å². The Balaban J connectivity index is 1.47. The van der Waals surface area contributed by atoms with Crippen LogP contribution in [0.2, 0.25) is 0 Å². The predicted molar refractivity (Wildman–Crippen MR) is 122 cm³/mol. The van der Waals surface area contributed by atoms with Gasteiger partial charge < -0.3 is 15.0 Å². The standard InChI is InChI=1S/C23H28N6O4/c1-14-7-6-8-15(2)22(14)27-19(30)11-28(5)20(31)12-33-21(32)10-9-18-16(3)26-23-24-13-25-29(23)17(18)4/h6-8,13H,9-12H2,1-5H3,(H,27,30). The summed E-state index contributed by atoms with van der Waals surface area (Å²) in [5.74, 6) is -0.782. The van der Waals surface area contributed by atoms with Gasteiger partial charge in [0.1, 0.15) is 6.33 Å². The molecule has 10 nitrogen and oxygen atoms in total. The summed E-state index contributed by atoms with van der Waals surface area (Å²) in [6.45, 7) is 6.97. The van der Waals surface area contributed by atoms with E-state index in [2.05, 4.69) is 20.4 Å². The monoisotopic (exact) mass is 452 g/mol. The summed E-state index contributed by atoms with van der Waals surface area (Å²) in [5, 5.41) is 6.96. The van der Waals surface area contributed by atoms with E-state index in [9.17, 15) is 14.4 Å². The summed E-state index contributed by atoms with van der Waals surface area (Å²) in [6.07, 6.45) is 1.92. The van der Waals surface area contributed by atoms with E-state index in [1.807, 2.05) is 45.9 Å². The molecule has 3 aromatic rings. The van der Waals surface area contributed by atoms with Gasteiger partial charge in [0.05, 0.1) is 6.54 Å². The Morgan fingerprint density at radius 1 is 1.12 bits per heavy atom. The van der Waals surface area contributed by atoms with Crippen LogP contribution in [0.3, 0.4) is 0 Å². The average Bonchev–Trinajstić information content (AvgIpc) is 3.23. The van der Waals surface area contributed by atoms with Crippen molar-refractivity contribution in [1.82, 2.24) is 24.5 Å². The third kappa shape index (κ3) is 5.71. The molecule has 0 saturated carbocycles. The van der Waals surface area contributed by atoms with Gasteiger partial charge in [-0.15, -0.1) is 0 Å². The zero-order valence-electron chi connectivity index (χ0n) is 19.5. The largest absolute Gasteiger partial charge is 0.456 e. The van der Waals surface area contributed by atoms with E-state index in [-0.39, 0.29) is 18.9 Å². The molecule has 174 valence electrons. The third-order valence-corrected chi connectivity index (χ3v) is 5.48. The van der Waals surface area contributed by atoms with Crippen LogP contribution in [0.5, 0.6) is 0 Å². The second kappa shape index (κ2) is 10.2. The highest BCUT2D eigenvalue weighted by Crippen LogP contribution is 2.19. The van der Waals surface area contributed by atoms with Crippen molar-refractivity contribution in [1.29, 1.82) is 0 Å². The number of rotatable bonds is 8. The quantitative estimate of drug-likeness (QED) is 0.519. The van der Waals surface area contributed by atoms with E-state index >= 15 is 0 Å². The number of para-hydroxylation sites is 1. The SMILES string of the molecule is Cc1cccc(C)c1NC(=O)CN(C)C(=O)COC(=O)CCc1c(C)nc2ncnn2c1C. The fraction of sp³-hybridized carbons (Fsp3) is 0.391. The number of benzene rings is 1. The van der Waals surface area contributed by atoms with Crippen LogP contribution in [0.4, 0.5) is 5.69 Å². The van der Waals surface area contributed by atoms with Crippen molar-refractivity contribution in [3.8, 4) is 0 Å². The maximum absolute atomic E-state index is 12.3. The van der Waals surface area contributed by atoms with Gasteiger partial charge >= 0.3 is 5.97 Å². The van der Waals surface area contributed by atoms with Gasteiger partial charge in [-0.25, -0.2) is 9.50 Å². The Morgan fingerprint density at radius 3 is 2.52 bits per heavy atom. The van der Waals surface area contributed by atoms with Crippen molar-refractivity contribution in [3.05, 3.63) is 52.6 Å². The van der Waals surface area contributed by atoms with Crippen LogP contribution in [0.15, 0.2) is 24.5 Å². The fourth-order valence-corrected chi connectivity index (χ4v) is 3.56. The van der Waals surface area contributed by atoms with Gasteiger partial charge in [-0.1, -0.05) is 18.2 Å². The van der Waals surface area contributed by atoms with E-state index in [1.54, 1.807) is 4.52 Å². The molecule has 10 heteroatoms. The number of likely N-dealkylation sites (N-methyl/N-ethyl adjacent to an activating group) is 1. The van der Waals surface area contributed by atoms with Crippen LogP contribution in [0.25, 0.3) is 5.78 Å². The molecule has 1 N–H and O–H groups in total. The number of aromatic nitrogens is 4. The molecule has 0 spiro atoms. The zero-order chi connectivity index (χ0) is 24.1. The fourth-order valence-electron chi connectivity index (χ4n) is 3.56. The highest BCUT2D eigenvalue weighted by molar-refractivity contribution is 5.96. The van der Waals surface area contributed by atoms with Crippen molar-refractivity contribution in [2.45, 2.75) is 40.5 Å². The van der Waals surface area contributed by atoms with Gasteiger partial charge in [-0.05, 0) is 50.8 Å². The van der Waals surface area contributed by atoms with Crippen LogP contribution in [0.1, 0.15) is 34.5 Å². The number of anilines is 1. The van der Waals surface area contributed by atoms with Crippen molar-refractivity contribution in [2.75, 3.05) is 25.5 Å². The first kappa shape index (κ1) is 23.8. The topological polar surface area (TPSA) is 119 Å². The molecular formula is C23H28N6O4. The molecule has 2 heterocycles. The van der Waals surface area contributed by atoms with Gasteiger partial charge in [-0.3, -0.25) is 14.4 Å². The molecule has 0 atom stereocenters. The van der Waals surface area contributed by atoms with Crippen molar-refractivity contribution in [3.63, 3.8) is 0 Å². The summed E-state index contributed by atoms with van der Waals surface area (Å²) in [4.78, 5) is 46.5. The van der Waals surface area contributed by atoms with E-state index in [1.165, 1.54) is 18.3 Å². The summed E-state index contributed by atoms with van der Waals surface area (Å²) in [6, 6.07) is 5.72. The maximum atomic E-state index is 12.3. The highest BCUT2D eigenvalue weighted by Gasteiger charge is 2.17. The molecule has 0 unspecified atom stereocenters. The first-order valence-corrected chi connectivity index (χ1v) is 10.6. The first-order chi connectivity index (χ1) is 15.7. The smallest absolute Gasteiger partial charge is 0.306 e. The van der Waals surface area contributed by atoms with Crippen LogP contribution in [0, 0.1) is 27.7 Å². The number of ether oxygens (including phenoxy) is 1. The minimum Gasteiger partial charge on any atom is -0.456 e. The number of esters is 1. The molecule has 0 aliphatic rings. The van der Waals surface area contributed by atoms with Crippen molar-refractivity contribution < 1.29 is 19.1 Å². The zero-order valence-corrected chi connectivity index (χ0v) is 19.5. The molecule has 0 aliphatic carbocycles. The average molecular weight is 453 g/mol. The Labute approximate surface area is 192 Å². The normalized spacial score (nSPS) is 10.8. The maximum Gasteiger partial charge on any atom is 0.306 e. The molecule has 0 radical (unpaired) electrons. The van der Waals surface area contributed by atoms with Gasteiger partial charge in [0, 0.05) is 30.5 Å². The van der Waals surface area contributed by atoms with Crippen LogP contribution < -0.4 is 5.32 Å². The van der Waals surface area contributed by atoms with Crippen molar-refractivity contribution >= 4 is 29.2 Å². The summed E-state index contributed by atoms with van der Waals surface area (Å²) in [5.41, 5.74) is 5.13. The molecule has 2 amide bonds. The molecule has 1 aromatic carbocycles. The predicted octanol–water partition coefficient (Wildman–Crippen LogP) is 1.93. The Morgan fingerprint density at radius 2 is 1.82 bits per heavy atom. The third-order valence-electron chi connectivity index (χ3n) is 5.48. The van der Waals surface area contributed by atoms with Crippen LogP contribution in [-0.4, -0.2) is 62.5 Å². The lowest BCUT2D eigenvalue weighted by molar-refractivity contribution is -0.151. The lowest BCUT2D eigenvalue weighted by Crippen LogP contribution is -2.37. The number of carbonyl (C=O) groups is 3. The van der Waals surface area contributed by atoms with Crippen LogP contribution in [-0.2, 0) is 25.5 Å². The molecule has 3 rings (SSSR count).